The average molecular weight is 289 g/mol. The van der Waals surface area contributed by atoms with Crippen LogP contribution in [0.15, 0.2) is 36.4 Å². The Morgan fingerprint density at radius 3 is 2.76 bits per heavy atom. The zero-order valence-corrected chi connectivity index (χ0v) is 10.9. The van der Waals surface area contributed by atoms with Crippen molar-refractivity contribution in [3.63, 3.8) is 0 Å². The Morgan fingerprint density at radius 2 is 2.10 bits per heavy atom. The molecule has 3 heterocycles. The molecule has 1 spiro atoms. The molecule has 0 radical (unpaired) electrons. The Labute approximate surface area is 119 Å². The van der Waals surface area contributed by atoms with Gasteiger partial charge in [0.25, 0.3) is 0 Å². The maximum Gasteiger partial charge on any atom is 0.310 e. The second kappa shape index (κ2) is 3.92. The van der Waals surface area contributed by atoms with E-state index in [-0.39, 0.29) is 18.3 Å². The Bertz CT molecular complexity index is 671. The van der Waals surface area contributed by atoms with Crippen LogP contribution in [-0.4, -0.2) is 35.2 Å². The third-order valence-electron chi connectivity index (χ3n) is 4.52. The van der Waals surface area contributed by atoms with Crippen LogP contribution >= 0.6 is 0 Å². The van der Waals surface area contributed by atoms with Crippen molar-refractivity contribution in [3.05, 3.63) is 42.2 Å². The van der Waals surface area contributed by atoms with Gasteiger partial charge in [-0.25, -0.2) is 4.39 Å². The van der Waals surface area contributed by atoms with Crippen LogP contribution in [-0.2, 0) is 14.3 Å². The highest BCUT2D eigenvalue weighted by atomic mass is 19.1. The fourth-order valence-electron chi connectivity index (χ4n) is 3.62. The highest BCUT2D eigenvalue weighted by Crippen LogP contribution is 2.52. The van der Waals surface area contributed by atoms with Crippen LogP contribution in [0.5, 0.6) is 0 Å². The van der Waals surface area contributed by atoms with Gasteiger partial charge >= 0.3 is 5.97 Å². The Hall–Kier alpha value is -2.21. The minimum absolute atomic E-state index is 0.263. The molecule has 21 heavy (non-hydrogen) atoms. The van der Waals surface area contributed by atoms with E-state index in [0.717, 1.165) is 0 Å². The molecular weight excluding hydrogens is 277 g/mol. The highest BCUT2D eigenvalue weighted by molar-refractivity contribution is 6.02. The van der Waals surface area contributed by atoms with E-state index >= 15 is 0 Å². The number of carbonyl (C=O) groups is 2. The van der Waals surface area contributed by atoms with E-state index in [4.69, 9.17) is 4.74 Å². The molecule has 108 valence electrons. The first-order chi connectivity index (χ1) is 10.0. The lowest BCUT2D eigenvalue weighted by atomic mass is 9.77. The van der Waals surface area contributed by atoms with Gasteiger partial charge in [0.1, 0.15) is 17.3 Å². The molecule has 4 rings (SSSR count). The lowest BCUT2D eigenvalue weighted by molar-refractivity contribution is -0.146. The summed E-state index contributed by atoms with van der Waals surface area (Å²) < 4.78 is 18.8. The van der Waals surface area contributed by atoms with Crippen molar-refractivity contribution in [1.29, 1.82) is 0 Å². The maximum absolute atomic E-state index is 13.0. The van der Waals surface area contributed by atoms with Gasteiger partial charge in [0.2, 0.25) is 5.91 Å². The summed E-state index contributed by atoms with van der Waals surface area (Å²) in [5.41, 5.74) is -0.311. The standard InChI is InChI=1S/C15H12FNO4/c16-8-1-3-9(4-2-8)17-7-15-6-5-10(21-15)11(14(19)20)12(15)13(17)18/h1-6,10-12H,7H2,(H,19,20)/t10-,11-,12+,15-/m1/s1. The van der Waals surface area contributed by atoms with E-state index in [1.54, 1.807) is 12.2 Å². The van der Waals surface area contributed by atoms with Gasteiger partial charge in [-0.05, 0) is 24.3 Å². The minimum atomic E-state index is -1.02. The number of carboxylic acids is 1. The number of benzene rings is 1. The fourth-order valence-corrected chi connectivity index (χ4v) is 3.62. The molecule has 0 aromatic heterocycles. The van der Waals surface area contributed by atoms with Crippen LogP contribution in [0, 0.1) is 17.7 Å². The first-order valence-corrected chi connectivity index (χ1v) is 6.69. The van der Waals surface area contributed by atoms with E-state index in [1.807, 2.05) is 0 Å². The molecule has 2 saturated heterocycles. The molecule has 0 unspecified atom stereocenters. The first kappa shape index (κ1) is 12.5. The molecular formula is C15H12FNO4. The van der Waals surface area contributed by atoms with Crippen LogP contribution in [0.25, 0.3) is 0 Å². The van der Waals surface area contributed by atoms with Gasteiger partial charge in [-0.15, -0.1) is 0 Å². The van der Waals surface area contributed by atoms with Gasteiger partial charge in [-0.3, -0.25) is 9.59 Å². The number of halogens is 1. The van der Waals surface area contributed by atoms with Crippen LogP contribution in [0.2, 0.25) is 0 Å². The van der Waals surface area contributed by atoms with Crippen molar-refractivity contribution >= 4 is 17.6 Å². The van der Waals surface area contributed by atoms with Crippen molar-refractivity contribution in [3.8, 4) is 0 Å². The number of fused-ring (bicyclic) bond motifs is 1. The number of ether oxygens (including phenoxy) is 1. The molecule has 6 heteroatoms. The molecule has 3 aliphatic rings. The smallest absolute Gasteiger partial charge is 0.310 e. The zero-order chi connectivity index (χ0) is 14.8. The van der Waals surface area contributed by atoms with E-state index in [0.29, 0.717) is 5.69 Å². The minimum Gasteiger partial charge on any atom is -0.481 e. The van der Waals surface area contributed by atoms with Gasteiger partial charge in [0, 0.05) is 5.69 Å². The monoisotopic (exact) mass is 289 g/mol. The average Bonchev–Trinajstić information content (AvgIpc) is 3.08. The summed E-state index contributed by atoms with van der Waals surface area (Å²) in [4.78, 5) is 25.5. The van der Waals surface area contributed by atoms with Gasteiger partial charge in [0.05, 0.1) is 18.6 Å². The lowest BCUT2D eigenvalue weighted by Gasteiger charge is -2.21. The molecule has 5 nitrogen and oxygen atoms in total. The lowest BCUT2D eigenvalue weighted by Crippen LogP contribution is -2.39. The SMILES string of the molecule is O=C(O)[C@H]1[C@H]2C(=O)N(c3ccc(F)cc3)C[C@]23C=C[C@H]1O3. The number of nitrogens with zero attached hydrogens (tertiary/aromatic N) is 1. The van der Waals surface area contributed by atoms with Crippen LogP contribution in [0.4, 0.5) is 10.1 Å². The number of aliphatic carboxylic acids is 1. The van der Waals surface area contributed by atoms with Gasteiger partial charge < -0.3 is 14.7 Å². The van der Waals surface area contributed by atoms with Crippen molar-refractivity contribution in [2.24, 2.45) is 11.8 Å². The molecule has 1 aromatic carbocycles. The summed E-state index contributed by atoms with van der Waals surface area (Å²) in [6, 6.07) is 5.57. The largest absolute Gasteiger partial charge is 0.481 e. The molecule has 1 aromatic rings. The van der Waals surface area contributed by atoms with E-state index in [9.17, 15) is 19.1 Å². The van der Waals surface area contributed by atoms with Crippen LogP contribution in [0.3, 0.4) is 0 Å². The molecule has 4 atom stereocenters. The summed E-state index contributed by atoms with van der Waals surface area (Å²) >= 11 is 0. The van der Waals surface area contributed by atoms with E-state index < -0.39 is 29.5 Å². The Balaban J connectivity index is 1.73. The normalized spacial score (nSPS) is 36.3. The third-order valence-corrected chi connectivity index (χ3v) is 4.52. The number of carbonyl (C=O) groups excluding carboxylic acids is 1. The van der Waals surface area contributed by atoms with E-state index in [2.05, 4.69) is 0 Å². The van der Waals surface area contributed by atoms with Gasteiger partial charge in [-0.1, -0.05) is 12.2 Å². The second-order valence-corrected chi connectivity index (χ2v) is 5.64. The fraction of sp³-hybridized carbons (Fsp3) is 0.333. The quantitative estimate of drug-likeness (QED) is 0.831. The van der Waals surface area contributed by atoms with Crippen molar-refractivity contribution in [2.75, 3.05) is 11.4 Å². The molecule has 1 N–H and O–H groups in total. The predicted octanol–water partition coefficient (Wildman–Crippen LogP) is 1.20. The summed E-state index contributed by atoms with van der Waals surface area (Å²) in [6.45, 7) is 0.263. The zero-order valence-electron chi connectivity index (χ0n) is 10.9. The summed E-state index contributed by atoms with van der Waals surface area (Å²) in [6.07, 6.45) is 2.98. The first-order valence-electron chi connectivity index (χ1n) is 6.69. The van der Waals surface area contributed by atoms with E-state index in [1.165, 1.54) is 29.2 Å². The number of rotatable bonds is 2. The second-order valence-electron chi connectivity index (χ2n) is 5.64. The Morgan fingerprint density at radius 1 is 1.38 bits per heavy atom. The summed E-state index contributed by atoms with van der Waals surface area (Å²) in [7, 11) is 0. The molecule has 0 aliphatic carbocycles. The number of amides is 1. The third kappa shape index (κ3) is 1.53. The molecule has 1 amide bonds. The van der Waals surface area contributed by atoms with Crippen molar-refractivity contribution in [1.82, 2.24) is 0 Å². The Kier molecular flexibility index (Phi) is 2.34. The topological polar surface area (TPSA) is 66.8 Å². The molecule has 2 fully saturated rings. The maximum atomic E-state index is 13.0. The predicted molar refractivity (Wildman–Crippen MR) is 70.1 cm³/mol. The summed E-state index contributed by atoms with van der Waals surface area (Å²) in [5, 5.41) is 9.36. The van der Waals surface area contributed by atoms with Crippen molar-refractivity contribution in [2.45, 2.75) is 11.7 Å². The number of hydrogen-bond acceptors (Lipinski definition) is 3. The highest BCUT2D eigenvalue weighted by Gasteiger charge is 2.67. The van der Waals surface area contributed by atoms with Crippen molar-refractivity contribution < 1.29 is 23.8 Å². The van der Waals surface area contributed by atoms with Gasteiger partial charge in [0.15, 0.2) is 0 Å². The number of anilines is 1. The molecule has 0 saturated carbocycles. The summed E-state index contributed by atoms with van der Waals surface area (Å²) in [5.74, 6) is -3.25. The molecule has 3 aliphatic heterocycles. The van der Waals surface area contributed by atoms with Gasteiger partial charge in [-0.2, -0.15) is 0 Å². The van der Waals surface area contributed by atoms with Crippen LogP contribution in [0.1, 0.15) is 0 Å². The van der Waals surface area contributed by atoms with Crippen LogP contribution < -0.4 is 4.90 Å². The number of carboxylic acid groups (broad SMARTS) is 1. The number of hydrogen-bond donors (Lipinski definition) is 1. The molecule has 2 bridgehead atoms.